The third kappa shape index (κ3) is 2.87. The normalized spacial score (nSPS) is 10.5. The van der Waals surface area contributed by atoms with Crippen molar-refractivity contribution in [3.8, 4) is 5.75 Å². The molecule has 0 radical (unpaired) electrons. The molecule has 1 aromatic heterocycles. The van der Waals surface area contributed by atoms with Crippen LogP contribution >= 0.6 is 11.3 Å². The van der Waals surface area contributed by atoms with Crippen LogP contribution in [0.15, 0.2) is 18.2 Å². The minimum atomic E-state index is -1.08. The van der Waals surface area contributed by atoms with Crippen molar-refractivity contribution in [3.63, 3.8) is 0 Å². The molecule has 0 unspecified atom stereocenters. The van der Waals surface area contributed by atoms with Crippen molar-refractivity contribution in [1.29, 1.82) is 0 Å². The van der Waals surface area contributed by atoms with E-state index in [1.165, 1.54) is 11.3 Å². The monoisotopic (exact) mass is 307 g/mol. The van der Waals surface area contributed by atoms with Crippen molar-refractivity contribution >= 4 is 39.0 Å². The molecule has 21 heavy (non-hydrogen) atoms. The average molecular weight is 307 g/mol. The van der Waals surface area contributed by atoms with Crippen LogP contribution in [-0.4, -0.2) is 29.3 Å². The van der Waals surface area contributed by atoms with E-state index in [9.17, 15) is 9.59 Å². The highest BCUT2D eigenvalue weighted by Gasteiger charge is 2.25. The number of carbonyl (C=O) groups excluding carboxylic acids is 1. The molecule has 110 valence electrons. The average Bonchev–Trinajstić information content (AvgIpc) is 2.82. The van der Waals surface area contributed by atoms with E-state index in [4.69, 9.17) is 21.0 Å². The van der Waals surface area contributed by atoms with Gasteiger partial charge in [0.2, 0.25) is 0 Å². The summed E-state index contributed by atoms with van der Waals surface area (Å²) in [5, 5.41) is 15.2. The van der Waals surface area contributed by atoms with Crippen molar-refractivity contribution in [2.45, 2.75) is 13.3 Å². The van der Waals surface area contributed by atoms with Crippen molar-refractivity contribution in [2.24, 2.45) is 5.73 Å². The molecular weight excluding hydrogens is 292 g/mol. The number of hydrogen-bond donors (Lipinski definition) is 3. The number of nitrogens with two attached hydrogens (primary N) is 2. The van der Waals surface area contributed by atoms with Crippen molar-refractivity contribution < 1.29 is 24.8 Å². The first kappa shape index (κ1) is 15.0. The Kier molecular flexibility index (Phi) is 4.23. The number of hydrogen-bond acceptors (Lipinski definition) is 4. The first-order chi connectivity index (χ1) is 9.95. The summed E-state index contributed by atoms with van der Waals surface area (Å²) in [5.74, 6) is -1.41. The molecule has 0 saturated carbocycles. The smallest absolute Gasteiger partial charge is 0.341 e. The minimum absolute atomic E-state index is 0.0375. The molecule has 0 fully saturated rings. The zero-order chi connectivity index (χ0) is 15.6. The summed E-state index contributed by atoms with van der Waals surface area (Å²) in [6.07, 6.45) is 0.682. The summed E-state index contributed by atoms with van der Waals surface area (Å²) >= 11 is 1.48. The zero-order valence-corrected chi connectivity index (χ0v) is 12.2. The van der Waals surface area contributed by atoms with Crippen LogP contribution in [0.25, 0.3) is 10.1 Å². The van der Waals surface area contributed by atoms with Crippen molar-refractivity contribution in [2.75, 3.05) is 6.61 Å². The van der Waals surface area contributed by atoms with Crippen LogP contribution < -0.4 is 15.9 Å². The summed E-state index contributed by atoms with van der Waals surface area (Å²) < 4.78 is 6.16. The highest BCUT2D eigenvalue weighted by molar-refractivity contribution is 7.19. The van der Waals surface area contributed by atoms with Gasteiger partial charge in [-0.3, -0.25) is 4.79 Å². The molecule has 2 rings (SSSR count). The third-order valence-electron chi connectivity index (χ3n) is 2.96. The van der Waals surface area contributed by atoms with E-state index in [2.05, 4.69) is 0 Å². The SMILES string of the molecule is CCc1sc2cccc(OCC(=O)O)c2c1C(=[NH2+])C(N)=O. The highest BCUT2D eigenvalue weighted by Crippen LogP contribution is 2.37. The van der Waals surface area contributed by atoms with E-state index in [0.717, 1.165) is 9.58 Å². The Balaban J connectivity index is 2.65. The minimum Gasteiger partial charge on any atom is -0.481 e. The Morgan fingerprint density at radius 2 is 2.14 bits per heavy atom. The van der Waals surface area contributed by atoms with Crippen LogP contribution in [0.2, 0.25) is 0 Å². The molecule has 1 aromatic carbocycles. The number of thiophene rings is 1. The van der Waals surface area contributed by atoms with Gasteiger partial charge in [-0.2, -0.15) is 0 Å². The summed E-state index contributed by atoms with van der Waals surface area (Å²) in [7, 11) is 0. The summed E-state index contributed by atoms with van der Waals surface area (Å²) in [6.45, 7) is 1.48. The number of aliphatic carboxylic acids is 1. The number of carboxylic acid groups (broad SMARTS) is 1. The first-order valence-electron chi connectivity index (χ1n) is 6.27. The maximum absolute atomic E-state index is 11.4. The molecule has 6 nitrogen and oxygen atoms in total. The fourth-order valence-electron chi connectivity index (χ4n) is 2.08. The molecule has 1 heterocycles. The molecular formula is C14H15N2O4S+. The van der Waals surface area contributed by atoms with E-state index in [0.29, 0.717) is 23.1 Å². The van der Waals surface area contributed by atoms with Crippen molar-refractivity contribution in [1.82, 2.24) is 0 Å². The van der Waals surface area contributed by atoms with E-state index in [-0.39, 0.29) is 5.71 Å². The second-order valence-electron chi connectivity index (χ2n) is 4.34. The van der Waals surface area contributed by atoms with Gasteiger partial charge in [0.05, 0.1) is 5.56 Å². The number of carboxylic acids is 1. The van der Waals surface area contributed by atoms with Crippen LogP contribution in [-0.2, 0) is 16.0 Å². The van der Waals surface area contributed by atoms with Gasteiger partial charge in [-0.05, 0) is 18.6 Å². The van der Waals surface area contributed by atoms with Crippen LogP contribution in [0.3, 0.4) is 0 Å². The second kappa shape index (κ2) is 5.92. The van der Waals surface area contributed by atoms with Gasteiger partial charge in [-0.25, -0.2) is 10.2 Å². The number of primary amides is 1. The van der Waals surface area contributed by atoms with E-state index in [1.54, 1.807) is 12.1 Å². The number of ether oxygens (including phenoxy) is 1. The molecule has 2 aromatic rings. The van der Waals surface area contributed by atoms with E-state index < -0.39 is 18.5 Å². The third-order valence-corrected chi connectivity index (χ3v) is 4.26. The molecule has 0 bridgehead atoms. The molecule has 0 saturated heterocycles. The molecule has 0 aliphatic rings. The van der Waals surface area contributed by atoms with Crippen LogP contribution in [0.1, 0.15) is 17.4 Å². The summed E-state index contributed by atoms with van der Waals surface area (Å²) in [5.41, 5.74) is 5.79. The van der Waals surface area contributed by atoms with Crippen LogP contribution in [0.4, 0.5) is 0 Å². The lowest BCUT2D eigenvalue weighted by Gasteiger charge is -2.06. The number of aryl methyl sites for hydroxylation is 1. The number of benzene rings is 1. The van der Waals surface area contributed by atoms with Gasteiger partial charge < -0.3 is 15.6 Å². The largest absolute Gasteiger partial charge is 0.481 e. The van der Waals surface area contributed by atoms with Gasteiger partial charge in [0.25, 0.3) is 5.71 Å². The highest BCUT2D eigenvalue weighted by atomic mass is 32.1. The van der Waals surface area contributed by atoms with Crippen LogP contribution in [0.5, 0.6) is 5.75 Å². The maximum atomic E-state index is 11.4. The van der Waals surface area contributed by atoms with Gasteiger partial charge >= 0.3 is 11.9 Å². The predicted molar refractivity (Wildman–Crippen MR) is 79.6 cm³/mol. The Labute approximate surface area is 124 Å². The summed E-state index contributed by atoms with van der Waals surface area (Å²) in [4.78, 5) is 23.0. The second-order valence-corrected chi connectivity index (χ2v) is 5.48. The van der Waals surface area contributed by atoms with E-state index >= 15 is 0 Å². The Hall–Kier alpha value is -2.41. The van der Waals surface area contributed by atoms with Gasteiger partial charge in [-0.1, -0.05) is 13.0 Å². The van der Waals surface area contributed by atoms with E-state index in [1.807, 2.05) is 13.0 Å². The van der Waals surface area contributed by atoms with Gasteiger partial charge in [0.15, 0.2) is 6.61 Å². The molecule has 0 spiro atoms. The lowest BCUT2D eigenvalue weighted by atomic mass is 10.0. The fourth-order valence-corrected chi connectivity index (χ4v) is 3.26. The Morgan fingerprint density at radius 3 is 2.71 bits per heavy atom. The topological polar surface area (TPSA) is 115 Å². The molecule has 5 N–H and O–H groups in total. The predicted octanol–water partition coefficient (Wildman–Crippen LogP) is -0.0394. The Morgan fingerprint density at radius 1 is 1.43 bits per heavy atom. The van der Waals surface area contributed by atoms with Gasteiger partial charge in [0, 0.05) is 15.0 Å². The molecule has 0 aliphatic heterocycles. The fraction of sp³-hybridized carbons (Fsp3) is 0.214. The number of rotatable bonds is 6. The molecule has 1 amide bonds. The summed E-state index contributed by atoms with van der Waals surface area (Å²) in [6, 6.07) is 5.28. The van der Waals surface area contributed by atoms with Crippen molar-refractivity contribution in [3.05, 3.63) is 28.6 Å². The lowest BCUT2D eigenvalue weighted by Crippen LogP contribution is -2.48. The lowest BCUT2D eigenvalue weighted by molar-refractivity contribution is -0.139. The Bertz CT molecular complexity index is 736. The number of amides is 1. The standard InChI is InChI=1S/C14H14N2O4S/c1-2-8-12(13(15)14(16)19)11-7(20-6-10(17)18)4-3-5-9(11)21-8/h3-5,15H,2,6H2,1H3,(H2,16,19)(H,17,18)/p+1. The number of carbonyl (C=O) groups is 2. The molecule has 7 heteroatoms. The maximum Gasteiger partial charge on any atom is 0.341 e. The van der Waals surface area contributed by atoms with Crippen LogP contribution in [0, 0.1) is 0 Å². The molecule has 0 atom stereocenters. The van der Waals surface area contributed by atoms with Gasteiger partial charge in [-0.15, -0.1) is 11.3 Å². The zero-order valence-electron chi connectivity index (χ0n) is 11.4. The first-order valence-corrected chi connectivity index (χ1v) is 7.08. The number of fused-ring (bicyclic) bond motifs is 1. The quantitative estimate of drug-likeness (QED) is 0.649. The van der Waals surface area contributed by atoms with Gasteiger partial charge in [0.1, 0.15) is 5.75 Å². The molecule has 0 aliphatic carbocycles.